The lowest BCUT2D eigenvalue weighted by Crippen LogP contribution is -2.60. The molecule has 25 heavy (non-hydrogen) atoms. The molecule has 1 aromatic carbocycles. The number of benzene rings is 1. The van der Waals surface area contributed by atoms with Gasteiger partial charge in [-0.1, -0.05) is 16.4 Å². The van der Waals surface area contributed by atoms with Gasteiger partial charge >= 0.3 is 0 Å². The minimum absolute atomic E-state index is 0.0571. The van der Waals surface area contributed by atoms with Gasteiger partial charge in [0.1, 0.15) is 39.2 Å². The zero-order valence-electron chi connectivity index (χ0n) is 18.1. The van der Waals surface area contributed by atoms with E-state index >= 15 is 0 Å². The summed E-state index contributed by atoms with van der Waals surface area (Å²) in [5.41, 5.74) is 4.53. The molecule has 0 radical (unpaired) electrons. The summed E-state index contributed by atoms with van der Waals surface area (Å²) in [6, 6.07) is 0.374. The molecule has 1 atom stereocenters. The highest BCUT2D eigenvalue weighted by Gasteiger charge is 2.36. The molecular weight excluding hydrogens is 298 g/mol. The first-order valence-corrected chi connectivity index (χ1v) is 9.44. The molecular formula is C12H27B10NO2. The molecule has 0 aromatic heterocycles. The van der Waals surface area contributed by atoms with Crippen molar-refractivity contribution in [3.05, 3.63) is 5.56 Å². The molecule has 0 saturated heterocycles. The summed E-state index contributed by atoms with van der Waals surface area (Å²) in [6.45, 7) is 2.27. The van der Waals surface area contributed by atoms with Gasteiger partial charge in [0.05, 0.1) is 23.5 Å². The molecule has 0 fully saturated rings. The standard InChI is InChI=1S/C12H27B10NO2/c1-3(23-11(19,20)10(16,17)18)2-4-5(13)7(15)9-8(6(4)14)24-12(21,22)25-9/h3,23H,2,13-22H2,1H3/t3-/m0/s1. The normalized spacial score (nSPS) is 17.3. The summed E-state index contributed by atoms with van der Waals surface area (Å²) >= 11 is 0. The zero-order valence-corrected chi connectivity index (χ0v) is 18.1. The van der Waals surface area contributed by atoms with Crippen molar-refractivity contribution in [3.8, 4) is 11.5 Å². The molecule has 2 rings (SSSR count). The zero-order chi connectivity index (χ0) is 19.4. The van der Waals surface area contributed by atoms with E-state index in [-0.39, 0.29) is 10.5 Å². The lowest BCUT2D eigenvalue weighted by atomic mass is 9.26. The van der Waals surface area contributed by atoms with Crippen LogP contribution >= 0.6 is 0 Å². The van der Waals surface area contributed by atoms with Crippen LogP contribution in [0, 0.1) is 0 Å². The minimum atomic E-state index is -0.582. The average Bonchev–Trinajstić information content (AvgIpc) is 2.75. The molecule has 0 unspecified atom stereocenters. The number of hydrogen-bond acceptors (Lipinski definition) is 3. The lowest BCUT2D eigenvalue weighted by Gasteiger charge is -2.43. The van der Waals surface area contributed by atoms with Gasteiger partial charge in [0.2, 0.25) is 0 Å². The van der Waals surface area contributed by atoms with Crippen LogP contribution < -0.4 is 31.2 Å². The molecule has 0 amide bonds. The van der Waals surface area contributed by atoms with Crippen molar-refractivity contribution in [2.24, 2.45) is 0 Å². The maximum atomic E-state index is 6.10. The third kappa shape index (κ3) is 4.07. The van der Waals surface area contributed by atoms with Gasteiger partial charge in [-0.3, -0.25) is 0 Å². The van der Waals surface area contributed by atoms with Crippen LogP contribution in [0.25, 0.3) is 0 Å². The number of hydrogen-bond donors (Lipinski definition) is 1. The van der Waals surface area contributed by atoms with E-state index < -0.39 is 5.59 Å². The minimum Gasteiger partial charge on any atom is -0.467 e. The highest BCUT2D eigenvalue weighted by molar-refractivity contribution is 6.67. The molecule has 0 spiro atoms. The van der Waals surface area contributed by atoms with Crippen molar-refractivity contribution in [1.29, 1.82) is 0 Å². The van der Waals surface area contributed by atoms with Gasteiger partial charge in [-0.05, 0) is 24.3 Å². The highest BCUT2D eigenvalue weighted by Crippen LogP contribution is 2.33. The van der Waals surface area contributed by atoms with Gasteiger partial charge in [0, 0.05) is 6.04 Å². The average molecular weight is 325 g/mol. The number of rotatable bonds is 5. The van der Waals surface area contributed by atoms with E-state index in [2.05, 4.69) is 75.0 Å². The largest absolute Gasteiger partial charge is 0.467 e. The van der Waals surface area contributed by atoms with Crippen LogP contribution in [0.1, 0.15) is 12.5 Å². The predicted octanol–water partition coefficient (Wildman–Crippen LogP) is -10.5. The second-order valence-electron chi connectivity index (χ2n) is 9.74. The van der Waals surface area contributed by atoms with Gasteiger partial charge in [-0.25, -0.2) is 0 Å². The Labute approximate surface area is 162 Å². The van der Waals surface area contributed by atoms with Crippen LogP contribution in [0.15, 0.2) is 0 Å². The van der Waals surface area contributed by atoms with Gasteiger partial charge in [0.25, 0.3) is 0 Å². The first-order chi connectivity index (χ1) is 11.2. The lowest BCUT2D eigenvalue weighted by molar-refractivity contribution is 0.0844. The molecule has 1 aromatic rings. The molecule has 1 aliphatic heterocycles. The van der Waals surface area contributed by atoms with Crippen LogP contribution in [0.4, 0.5) is 0 Å². The van der Waals surface area contributed by atoms with Crippen LogP contribution in [0.3, 0.4) is 0 Å². The van der Waals surface area contributed by atoms with E-state index in [4.69, 9.17) is 9.47 Å². The molecule has 1 aliphatic rings. The maximum absolute atomic E-state index is 6.10. The van der Waals surface area contributed by atoms with Gasteiger partial charge in [0.15, 0.2) is 32.8 Å². The molecule has 3 nitrogen and oxygen atoms in total. The van der Waals surface area contributed by atoms with E-state index in [1.165, 1.54) is 22.0 Å². The van der Waals surface area contributed by atoms with Gasteiger partial charge < -0.3 is 14.8 Å². The van der Waals surface area contributed by atoms with Crippen molar-refractivity contribution < 1.29 is 9.47 Å². The number of fused-ring (bicyclic) bond motifs is 1. The quantitative estimate of drug-likeness (QED) is 0.546. The summed E-state index contributed by atoms with van der Waals surface area (Å²) in [7, 11) is 21.9. The fourth-order valence-electron chi connectivity index (χ4n) is 3.41. The predicted molar refractivity (Wildman–Crippen MR) is 136 cm³/mol. The first-order valence-electron chi connectivity index (χ1n) is 9.44. The Bertz CT molecular complexity index is 688. The van der Waals surface area contributed by atoms with E-state index in [0.717, 1.165) is 17.9 Å². The second-order valence-corrected chi connectivity index (χ2v) is 9.74. The molecule has 0 aliphatic carbocycles. The number of nitrogens with one attached hydrogen (secondary N) is 1. The van der Waals surface area contributed by atoms with E-state index in [9.17, 15) is 0 Å². The number of ether oxygens (including phenoxy) is 2. The first kappa shape index (κ1) is 20.7. The molecule has 122 valence electrons. The Morgan fingerprint density at radius 2 is 1.40 bits per heavy atom. The summed E-state index contributed by atoms with van der Waals surface area (Å²) in [5.74, 6) is 1.84. The molecule has 0 bridgehead atoms. The van der Waals surface area contributed by atoms with Crippen LogP contribution in [0.5, 0.6) is 11.5 Å². The van der Waals surface area contributed by atoms with Crippen molar-refractivity contribution in [3.63, 3.8) is 0 Å². The van der Waals surface area contributed by atoms with Crippen molar-refractivity contribution >= 4 is 94.9 Å². The molecule has 1 N–H and O–H groups in total. The van der Waals surface area contributed by atoms with E-state index in [0.29, 0.717) is 6.04 Å². The van der Waals surface area contributed by atoms with Crippen molar-refractivity contribution in [2.45, 2.75) is 35.4 Å². The van der Waals surface area contributed by atoms with Gasteiger partial charge in [-0.15, -0.1) is 5.11 Å². The van der Waals surface area contributed by atoms with Crippen molar-refractivity contribution in [2.75, 3.05) is 0 Å². The molecule has 1 heterocycles. The summed E-state index contributed by atoms with van der Waals surface area (Å²) in [5, 5.41) is 4.08. The van der Waals surface area contributed by atoms with E-state index in [1.807, 2.05) is 15.7 Å². The topological polar surface area (TPSA) is 30.5 Å². The van der Waals surface area contributed by atoms with Crippen molar-refractivity contribution in [1.82, 2.24) is 5.32 Å². The third-order valence-corrected chi connectivity index (χ3v) is 6.04. The summed E-state index contributed by atoms with van der Waals surface area (Å²) in [6.07, 6.45) is 0.981. The Morgan fingerprint density at radius 1 is 0.920 bits per heavy atom. The Hall–Kier alpha value is -0.571. The van der Waals surface area contributed by atoms with Crippen LogP contribution in [0.2, 0.25) is 5.11 Å². The monoisotopic (exact) mass is 327 g/mol. The Kier molecular flexibility index (Phi) is 5.43. The van der Waals surface area contributed by atoms with Crippen LogP contribution in [-0.4, -0.2) is 95.4 Å². The third-order valence-electron chi connectivity index (χ3n) is 6.04. The maximum Gasteiger partial charge on any atom is 0.197 e. The summed E-state index contributed by atoms with van der Waals surface area (Å²) in [4.78, 5) is 0. The molecule has 13 heteroatoms. The van der Waals surface area contributed by atoms with Crippen LogP contribution in [-0.2, 0) is 6.42 Å². The Balaban J connectivity index is 2.32. The fourth-order valence-corrected chi connectivity index (χ4v) is 3.41. The van der Waals surface area contributed by atoms with Gasteiger partial charge in [-0.2, -0.15) is 0 Å². The van der Waals surface area contributed by atoms with E-state index in [1.54, 1.807) is 0 Å². The summed E-state index contributed by atoms with van der Waals surface area (Å²) < 4.78 is 12.1. The second kappa shape index (κ2) is 6.55. The smallest absolute Gasteiger partial charge is 0.197 e. The fraction of sp³-hybridized carbons (Fsp3) is 0.500. The Morgan fingerprint density at radius 3 is 1.88 bits per heavy atom. The highest BCUT2D eigenvalue weighted by atomic mass is 16.7. The molecule has 0 saturated carbocycles. The SMILES string of the molecule is Bc1c(B)c2c(c(B)c1C[C@H](C)NC(B)(B)C(B)(B)B)OC(B)(B)O2.